The van der Waals surface area contributed by atoms with Crippen molar-refractivity contribution in [1.29, 1.82) is 5.26 Å². The number of nitrogens with one attached hydrogen (secondary N) is 1. The van der Waals surface area contributed by atoms with Crippen LogP contribution in [0.2, 0.25) is 0 Å². The quantitative estimate of drug-likeness (QED) is 0.885. The van der Waals surface area contributed by atoms with Gasteiger partial charge in [-0.15, -0.1) is 0 Å². The summed E-state index contributed by atoms with van der Waals surface area (Å²) in [6.07, 6.45) is 2.55. The van der Waals surface area contributed by atoms with Gasteiger partial charge in [0.2, 0.25) is 0 Å². The minimum atomic E-state index is 0.0804. The maximum atomic E-state index is 8.89. The molecular weight excluding hydrogens is 240 g/mol. The van der Waals surface area contributed by atoms with Crippen molar-refractivity contribution in [3.8, 4) is 11.8 Å². The number of furan rings is 1. The van der Waals surface area contributed by atoms with E-state index in [9.17, 15) is 0 Å². The van der Waals surface area contributed by atoms with Crippen LogP contribution in [0.5, 0.6) is 5.75 Å². The third kappa shape index (κ3) is 2.89. The first kappa shape index (κ1) is 13.0. The Hall–Kier alpha value is -2.41. The molecular formula is C15H16N2O2. The minimum absolute atomic E-state index is 0.0804. The maximum Gasteiger partial charge on any atom is 0.143 e. The van der Waals surface area contributed by atoms with E-state index in [1.54, 1.807) is 25.5 Å². The van der Waals surface area contributed by atoms with Crippen LogP contribution in [0, 0.1) is 11.3 Å². The largest absolute Gasteiger partial charge is 0.495 e. The van der Waals surface area contributed by atoms with Gasteiger partial charge in [-0.2, -0.15) is 5.26 Å². The fraction of sp³-hybridized carbons (Fsp3) is 0.267. The lowest BCUT2D eigenvalue weighted by atomic mass is 10.1. The van der Waals surface area contributed by atoms with Gasteiger partial charge < -0.3 is 14.5 Å². The third-order valence-electron chi connectivity index (χ3n) is 2.96. The standard InChI is InChI=1S/C15H16N2O2/c1-3-12(14-5-4-8-19-14)17-13-7-6-11(10-16)9-15(13)18-2/h4-9,12,17H,3H2,1-2H3. The molecule has 4 heteroatoms. The van der Waals surface area contributed by atoms with Crippen LogP contribution < -0.4 is 10.1 Å². The number of nitriles is 1. The zero-order chi connectivity index (χ0) is 13.7. The van der Waals surface area contributed by atoms with Crippen molar-refractivity contribution < 1.29 is 9.15 Å². The van der Waals surface area contributed by atoms with Crippen LogP contribution in [0.4, 0.5) is 5.69 Å². The Morgan fingerprint density at radius 2 is 2.26 bits per heavy atom. The van der Waals surface area contributed by atoms with Gasteiger partial charge in [0.25, 0.3) is 0 Å². The topological polar surface area (TPSA) is 58.2 Å². The van der Waals surface area contributed by atoms with E-state index in [1.807, 2.05) is 18.2 Å². The summed E-state index contributed by atoms with van der Waals surface area (Å²) in [4.78, 5) is 0. The summed E-state index contributed by atoms with van der Waals surface area (Å²) < 4.78 is 10.7. The van der Waals surface area contributed by atoms with Crippen molar-refractivity contribution in [2.24, 2.45) is 0 Å². The lowest BCUT2D eigenvalue weighted by molar-refractivity contribution is 0.414. The number of benzene rings is 1. The summed E-state index contributed by atoms with van der Waals surface area (Å²) in [6, 6.07) is 11.3. The Morgan fingerprint density at radius 3 is 2.84 bits per heavy atom. The Labute approximate surface area is 112 Å². The minimum Gasteiger partial charge on any atom is -0.495 e. The Bertz CT molecular complexity index is 570. The van der Waals surface area contributed by atoms with Crippen molar-refractivity contribution in [2.75, 3.05) is 12.4 Å². The molecule has 0 bridgehead atoms. The van der Waals surface area contributed by atoms with Crippen LogP contribution in [0.3, 0.4) is 0 Å². The van der Waals surface area contributed by atoms with E-state index in [0.717, 1.165) is 17.9 Å². The smallest absolute Gasteiger partial charge is 0.143 e. The third-order valence-corrected chi connectivity index (χ3v) is 2.96. The van der Waals surface area contributed by atoms with Crippen LogP contribution >= 0.6 is 0 Å². The fourth-order valence-electron chi connectivity index (χ4n) is 1.93. The number of hydrogen-bond donors (Lipinski definition) is 1. The highest BCUT2D eigenvalue weighted by Crippen LogP contribution is 2.30. The molecule has 1 aromatic heterocycles. The zero-order valence-corrected chi connectivity index (χ0v) is 11.0. The predicted molar refractivity (Wildman–Crippen MR) is 73.1 cm³/mol. The molecule has 0 aliphatic carbocycles. The Balaban J connectivity index is 2.25. The van der Waals surface area contributed by atoms with Gasteiger partial charge in [0.05, 0.1) is 36.7 Å². The van der Waals surface area contributed by atoms with E-state index in [0.29, 0.717) is 11.3 Å². The molecule has 0 amide bonds. The molecule has 0 radical (unpaired) electrons. The molecule has 98 valence electrons. The molecule has 1 atom stereocenters. The second-order valence-corrected chi connectivity index (χ2v) is 4.15. The van der Waals surface area contributed by atoms with Crippen molar-refractivity contribution in [3.63, 3.8) is 0 Å². The van der Waals surface area contributed by atoms with E-state index >= 15 is 0 Å². The van der Waals surface area contributed by atoms with Gasteiger partial charge in [-0.25, -0.2) is 0 Å². The Kier molecular flexibility index (Phi) is 4.09. The van der Waals surface area contributed by atoms with E-state index in [1.165, 1.54) is 0 Å². The molecule has 19 heavy (non-hydrogen) atoms. The van der Waals surface area contributed by atoms with Gasteiger partial charge in [0.15, 0.2) is 0 Å². The average molecular weight is 256 g/mol. The second-order valence-electron chi connectivity index (χ2n) is 4.15. The van der Waals surface area contributed by atoms with Gasteiger partial charge in [-0.3, -0.25) is 0 Å². The summed E-state index contributed by atoms with van der Waals surface area (Å²) in [5.41, 5.74) is 1.43. The van der Waals surface area contributed by atoms with Crippen molar-refractivity contribution in [1.82, 2.24) is 0 Å². The first-order valence-electron chi connectivity index (χ1n) is 6.16. The molecule has 0 saturated carbocycles. The molecule has 0 aliphatic rings. The average Bonchev–Trinajstić information content (AvgIpc) is 2.98. The van der Waals surface area contributed by atoms with Crippen molar-refractivity contribution >= 4 is 5.69 Å². The molecule has 1 N–H and O–H groups in total. The van der Waals surface area contributed by atoms with Gasteiger partial charge in [-0.05, 0) is 30.7 Å². The van der Waals surface area contributed by atoms with Crippen LogP contribution in [0.15, 0.2) is 41.0 Å². The molecule has 1 aromatic carbocycles. The van der Waals surface area contributed by atoms with Crippen molar-refractivity contribution in [2.45, 2.75) is 19.4 Å². The van der Waals surface area contributed by atoms with Gasteiger partial charge in [0.1, 0.15) is 11.5 Å². The number of anilines is 1. The molecule has 4 nitrogen and oxygen atoms in total. The lowest BCUT2D eigenvalue weighted by Crippen LogP contribution is -2.09. The molecule has 2 aromatic rings. The predicted octanol–water partition coefficient (Wildman–Crippen LogP) is 3.72. The summed E-state index contributed by atoms with van der Waals surface area (Å²) >= 11 is 0. The Morgan fingerprint density at radius 1 is 1.42 bits per heavy atom. The molecule has 0 saturated heterocycles. The number of hydrogen-bond acceptors (Lipinski definition) is 4. The molecule has 0 spiro atoms. The summed E-state index contributed by atoms with van der Waals surface area (Å²) in [5, 5.41) is 12.3. The van der Waals surface area contributed by atoms with E-state index in [-0.39, 0.29) is 6.04 Å². The van der Waals surface area contributed by atoms with E-state index < -0.39 is 0 Å². The summed E-state index contributed by atoms with van der Waals surface area (Å²) in [7, 11) is 1.59. The molecule has 1 heterocycles. The number of methoxy groups -OCH3 is 1. The number of ether oxygens (including phenoxy) is 1. The summed E-state index contributed by atoms with van der Waals surface area (Å²) in [6.45, 7) is 2.08. The molecule has 2 rings (SSSR count). The van der Waals surface area contributed by atoms with E-state index in [4.69, 9.17) is 14.4 Å². The zero-order valence-electron chi connectivity index (χ0n) is 11.0. The van der Waals surface area contributed by atoms with Crippen LogP contribution in [0.1, 0.15) is 30.7 Å². The maximum absolute atomic E-state index is 8.89. The molecule has 0 aliphatic heterocycles. The normalized spacial score (nSPS) is 11.6. The first-order valence-corrected chi connectivity index (χ1v) is 6.16. The lowest BCUT2D eigenvalue weighted by Gasteiger charge is -2.18. The molecule has 1 unspecified atom stereocenters. The highest BCUT2D eigenvalue weighted by atomic mass is 16.5. The SMILES string of the molecule is CCC(Nc1ccc(C#N)cc1OC)c1ccco1. The molecule has 0 fully saturated rings. The van der Waals surface area contributed by atoms with Gasteiger partial charge >= 0.3 is 0 Å². The number of nitrogens with zero attached hydrogens (tertiary/aromatic N) is 1. The van der Waals surface area contributed by atoms with Gasteiger partial charge in [-0.1, -0.05) is 6.92 Å². The second kappa shape index (κ2) is 5.96. The highest BCUT2D eigenvalue weighted by molar-refractivity contribution is 5.60. The van der Waals surface area contributed by atoms with E-state index in [2.05, 4.69) is 18.3 Å². The fourth-order valence-corrected chi connectivity index (χ4v) is 1.93. The summed E-state index contributed by atoms with van der Waals surface area (Å²) in [5.74, 6) is 1.54. The monoisotopic (exact) mass is 256 g/mol. The van der Waals surface area contributed by atoms with Crippen LogP contribution in [-0.2, 0) is 0 Å². The number of rotatable bonds is 5. The van der Waals surface area contributed by atoms with Crippen LogP contribution in [-0.4, -0.2) is 7.11 Å². The highest BCUT2D eigenvalue weighted by Gasteiger charge is 2.14. The van der Waals surface area contributed by atoms with Crippen LogP contribution in [0.25, 0.3) is 0 Å². The van der Waals surface area contributed by atoms with Gasteiger partial charge in [0, 0.05) is 6.07 Å². The first-order chi connectivity index (χ1) is 9.28. The van der Waals surface area contributed by atoms with Crippen molar-refractivity contribution in [3.05, 3.63) is 47.9 Å².